The average Bonchev–Trinajstić information content (AvgIpc) is 3.17. The van der Waals surface area contributed by atoms with Gasteiger partial charge in [0.2, 0.25) is 11.8 Å². The van der Waals surface area contributed by atoms with E-state index < -0.39 is 6.04 Å². The molecule has 1 atom stereocenters. The van der Waals surface area contributed by atoms with Crippen LogP contribution in [0.1, 0.15) is 29.8 Å². The highest BCUT2D eigenvalue weighted by Gasteiger charge is 2.31. The molecule has 1 saturated heterocycles. The Kier molecular flexibility index (Phi) is 6.48. The molecule has 3 rings (SSSR count). The number of hydrogen-bond acceptors (Lipinski definition) is 6. The Morgan fingerprint density at radius 3 is 3.00 bits per heavy atom. The average molecular weight is 371 g/mol. The highest BCUT2D eigenvalue weighted by Crippen LogP contribution is 2.16. The number of carbonyl (C=O) groups excluding carboxylic acids is 2. The maximum absolute atomic E-state index is 12.3. The number of carbonyl (C=O) groups is 2. The molecule has 0 bridgehead atoms. The van der Waals surface area contributed by atoms with E-state index in [4.69, 9.17) is 0 Å². The second-order valence-corrected chi connectivity index (χ2v) is 6.69. The number of piperazine rings is 1. The molecular weight excluding hydrogens is 346 g/mol. The first-order valence-electron chi connectivity index (χ1n) is 9.19. The van der Waals surface area contributed by atoms with Crippen LogP contribution in [-0.2, 0) is 22.6 Å². The fraction of sp³-hybridized carbons (Fsp3) is 0.500. The van der Waals surface area contributed by atoms with Gasteiger partial charge in [-0.25, -0.2) is 0 Å². The fourth-order valence-corrected chi connectivity index (χ4v) is 3.19. The van der Waals surface area contributed by atoms with E-state index in [1.54, 1.807) is 0 Å². The van der Waals surface area contributed by atoms with Crippen molar-refractivity contribution in [3.8, 4) is 0 Å². The highest BCUT2D eigenvalue weighted by molar-refractivity contribution is 5.88. The predicted molar refractivity (Wildman–Crippen MR) is 98.5 cm³/mol. The minimum atomic E-state index is -0.449. The molecule has 1 aliphatic rings. The number of nitrogens with zero attached hydrogens (tertiary/aromatic N) is 4. The van der Waals surface area contributed by atoms with E-state index in [0.717, 1.165) is 13.0 Å². The Labute approximate surface area is 157 Å². The van der Waals surface area contributed by atoms with E-state index in [-0.39, 0.29) is 18.2 Å². The summed E-state index contributed by atoms with van der Waals surface area (Å²) in [5, 5.41) is 19.4. The zero-order chi connectivity index (χ0) is 19.1. The zero-order valence-corrected chi connectivity index (χ0v) is 15.4. The standard InChI is InChI=1S/C18H25N7O2/c1-13-5-2-3-6-14(13)12-25-10-9-20-18(27)15(25)11-17(26)19-8-4-7-16-21-23-24-22-16/h2-3,5-6,15H,4,7-12H2,1H3,(H,19,26)(H,20,27)(H,21,22,23,24)/t15-/m1/s1. The summed E-state index contributed by atoms with van der Waals surface area (Å²) < 4.78 is 0. The number of rotatable bonds is 8. The second-order valence-electron chi connectivity index (χ2n) is 6.69. The molecule has 0 radical (unpaired) electrons. The molecule has 0 spiro atoms. The lowest BCUT2D eigenvalue weighted by Gasteiger charge is -2.35. The smallest absolute Gasteiger partial charge is 0.237 e. The number of aromatic nitrogens is 4. The van der Waals surface area contributed by atoms with E-state index >= 15 is 0 Å². The van der Waals surface area contributed by atoms with Gasteiger partial charge in [-0.3, -0.25) is 14.5 Å². The lowest BCUT2D eigenvalue weighted by Crippen LogP contribution is -2.56. The maximum Gasteiger partial charge on any atom is 0.237 e. The molecule has 9 heteroatoms. The monoisotopic (exact) mass is 371 g/mol. The van der Waals surface area contributed by atoms with Gasteiger partial charge in [-0.2, -0.15) is 5.21 Å². The van der Waals surface area contributed by atoms with Crippen LogP contribution < -0.4 is 10.6 Å². The van der Waals surface area contributed by atoms with Gasteiger partial charge in [0.05, 0.1) is 12.5 Å². The first kappa shape index (κ1) is 19.0. The largest absolute Gasteiger partial charge is 0.356 e. The molecule has 0 unspecified atom stereocenters. The maximum atomic E-state index is 12.3. The van der Waals surface area contributed by atoms with Crippen molar-refractivity contribution in [3.63, 3.8) is 0 Å². The van der Waals surface area contributed by atoms with Gasteiger partial charge >= 0.3 is 0 Å². The molecule has 2 heterocycles. The van der Waals surface area contributed by atoms with Gasteiger partial charge in [-0.15, -0.1) is 10.2 Å². The summed E-state index contributed by atoms with van der Waals surface area (Å²) >= 11 is 0. The molecule has 0 saturated carbocycles. The van der Waals surface area contributed by atoms with Crippen LogP contribution >= 0.6 is 0 Å². The first-order chi connectivity index (χ1) is 13.1. The molecule has 2 aromatic rings. The van der Waals surface area contributed by atoms with Gasteiger partial charge < -0.3 is 10.6 Å². The number of H-pyrrole nitrogens is 1. The fourth-order valence-electron chi connectivity index (χ4n) is 3.19. The Hall–Kier alpha value is -2.81. The van der Waals surface area contributed by atoms with E-state index in [1.165, 1.54) is 11.1 Å². The van der Waals surface area contributed by atoms with E-state index in [1.807, 2.05) is 12.1 Å². The number of tetrazole rings is 1. The van der Waals surface area contributed by atoms with Crippen molar-refractivity contribution >= 4 is 11.8 Å². The lowest BCUT2D eigenvalue weighted by atomic mass is 10.0. The van der Waals surface area contributed by atoms with Crippen LogP contribution in [0.3, 0.4) is 0 Å². The minimum absolute atomic E-state index is 0.0863. The number of amides is 2. The number of benzene rings is 1. The number of nitrogens with one attached hydrogen (secondary N) is 3. The molecule has 0 aliphatic carbocycles. The molecule has 2 amide bonds. The Bertz CT molecular complexity index is 763. The van der Waals surface area contributed by atoms with Crippen molar-refractivity contribution in [2.24, 2.45) is 0 Å². The minimum Gasteiger partial charge on any atom is -0.356 e. The molecule has 1 aromatic heterocycles. The van der Waals surface area contributed by atoms with Crippen LogP contribution in [0.4, 0.5) is 0 Å². The third-order valence-corrected chi connectivity index (χ3v) is 4.74. The van der Waals surface area contributed by atoms with Crippen molar-refractivity contribution in [3.05, 3.63) is 41.2 Å². The van der Waals surface area contributed by atoms with Gasteiger partial charge in [0.25, 0.3) is 0 Å². The first-order valence-corrected chi connectivity index (χ1v) is 9.19. The molecular formula is C18H25N7O2. The number of aryl methyl sites for hydroxylation is 2. The van der Waals surface area contributed by atoms with Gasteiger partial charge in [0.1, 0.15) is 0 Å². The van der Waals surface area contributed by atoms with E-state index in [2.05, 4.69) is 55.2 Å². The van der Waals surface area contributed by atoms with Crippen LogP contribution in [0.25, 0.3) is 0 Å². The van der Waals surface area contributed by atoms with Crippen LogP contribution in [0.5, 0.6) is 0 Å². The van der Waals surface area contributed by atoms with Crippen molar-refractivity contribution < 1.29 is 9.59 Å². The number of aromatic amines is 1. The zero-order valence-electron chi connectivity index (χ0n) is 15.4. The van der Waals surface area contributed by atoms with Crippen molar-refractivity contribution in [1.29, 1.82) is 0 Å². The van der Waals surface area contributed by atoms with Gasteiger partial charge in [-0.05, 0) is 24.5 Å². The SMILES string of the molecule is Cc1ccccc1CN1CCNC(=O)[C@H]1CC(=O)NCCCc1nn[nH]n1. The summed E-state index contributed by atoms with van der Waals surface area (Å²) in [6.07, 6.45) is 1.51. The van der Waals surface area contributed by atoms with Crippen molar-refractivity contribution in [2.45, 2.75) is 38.8 Å². The molecule has 1 aromatic carbocycles. The number of hydrogen-bond donors (Lipinski definition) is 3. The van der Waals surface area contributed by atoms with Crippen molar-refractivity contribution in [1.82, 2.24) is 36.2 Å². The molecule has 9 nitrogen and oxygen atoms in total. The Balaban J connectivity index is 1.51. The summed E-state index contributed by atoms with van der Waals surface area (Å²) in [5.41, 5.74) is 2.37. The van der Waals surface area contributed by atoms with Crippen LogP contribution in [0.15, 0.2) is 24.3 Å². The molecule has 1 aliphatic heterocycles. The summed E-state index contributed by atoms with van der Waals surface area (Å²) in [6, 6.07) is 7.68. The molecule has 27 heavy (non-hydrogen) atoms. The third kappa shape index (κ3) is 5.33. The Morgan fingerprint density at radius 2 is 2.22 bits per heavy atom. The molecule has 144 valence electrons. The van der Waals surface area contributed by atoms with Gasteiger partial charge in [-0.1, -0.05) is 29.5 Å². The predicted octanol–water partition coefficient (Wildman–Crippen LogP) is -0.0524. The Morgan fingerprint density at radius 1 is 1.37 bits per heavy atom. The van der Waals surface area contributed by atoms with Gasteiger partial charge in [0, 0.05) is 32.6 Å². The van der Waals surface area contributed by atoms with Crippen LogP contribution in [0, 0.1) is 6.92 Å². The van der Waals surface area contributed by atoms with Crippen LogP contribution in [-0.4, -0.2) is 63.0 Å². The van der Waals surface area contributed by atoms with E-state index in [0.29, 0.717) is 31.9 Å². The third-order valence-electron chi connectivity index (χ3n) is 4.74. The molecule has 3 N–H and O–H groups in total. The quantitative estimate of drug-likeness (QED) is 0.560. The van der Waals surface area contributed by atoms with Gasteiger partial charge in [0.15, 0.2) is 5.82 Å². The summed E-state index contributed by atoms with van der Waals surface area (Å²) in [6.45, 7) is 4.57. The molecule has 1 fully saturated rings. The highest BCUT2D eigenvalue weighted by atomic mass is 16.2. The summed E-state index contributed by atoms with van der Waals surface area (Å²) in [4.78, 5) is 26.7. The van der Waals surface area contributed by atoms with Crippen LogP contribution in [0.2, 0.25) is 0 Å². The second kappa shape index (κ2) is 9.22. The topological polar surface area (TPSA) is 116 Å². The summed E-state index contributed by atoms with van der Waals surface area (Å²) in [7, 11) is 0. The summed E-state index contributed by atoms with van der Waals surface area (Å²) in [5.74, 6) is 0.414. The normalized spacial score (nSPS) is 17.5. The van der Waals surface area contributed by atoms with E-state index in [9.17, 15) is 9.59 Å². The lowest BCUT2D eigenvalue weighted by molar-refractivity contribution is -0.134. The van der Waals surface area contributed by atoms with Crippen molar-refractivity contribution in [2.75, 3.05) is 19.6 Å².